The second-order valence-corrected chi connectivity index (χ2v) is 5.36. The molecule has 1 rings (SSSR count). The van der Waals surface area contributed by atoms with Crippen LogP contribution in [0.5, 0.6) is 0 Å². The number of carbonyl (C=O) groups is 3. The highest BCUT2D eigenvalue weighted by Crippen LogP contribution is 2.39. The van der Waals surface area contributed by atoms with Crippen LogP contribution in [0.1, 0.15) is 40.0 Å². The molecule has 19 heavy (non-hydrogen) atoms. The zero-order chi connectivity index (χ0) is 14.6. The fourth-order valence-electron chi connectivity index (χ4n) is 2.25. The van der Waals surface area contributed by atoms with Gasteiger partial charge in [0, 0.05) is 18.9 Å². The number of allylic oxidation sites excluding steroid dienone is 2. The Morgan fingerprint density at radius 3 is 2.53 bits per heavy atom. The molecule has 0 aromatic rings. The van der Waals surface area contributed by atoms with Gasteiger partial charge in [0.2, 0.25) is 0 Å². The first-order valence-electron chi connectivity index (χ1n) is 6.34. The van der Waals surface area contributed by atoms with Crippen molar-refractivity contribution in [3.8, 4) is 0 Å². The summed E-state index contributed by atoms with van der Waals surface area (Å²) in [4.78, 5) is 35.1. The number of ketones is 1. The molecular formula is C14H20O5. The largest absolute Gasteiger partial charge is 0.468 e. The Bertz CT molecular complexity index is 420. The molecule has 1 atom stereocenters. The molecule has 1 aliphatic rings. The van der Waals surface area contributed by atoms with Crippen LogP contribution in [0.25, 0.3) is 0 Å². The minimum absolute atomic E-state index is 0.312. The van der Waals surface area contributed by atoms with Crippen molar-refractivity contribution in [1.82, 2.24) is 0 Å². The van der Waals surface area contributed by atoms with Gasteiger partial charge in [0.05, 0.1) is 7.11 Å². The monoisotopic (exact) mass is 268 g/mol. The summed E-state index contributed by atoms with van der Waals surface area (Å²) in [7, 11) is 1.26. The van der Waals surface area contributed by atoms with Crippen LogP contribution in [0.15, 0.2) is 11.8 Å². The Labute approximate surface area is 112 Å². The van der Waals surface area contributed by atoms with Crippen molar-refractivity contribution >= 4 is 17.7 Å². The predicted molar refractivity (Wildman–Crippen MR) is 68.0 cm³/mol. The molecule has 0 aliphatic heterocycles. The van der Waals surface area contributed by atoms with Crippen molar-refractivity contribution < 1.29 is 23.9 Å². The summed E-state index contributed by atoms with van der Waals surface area (Å²) in [6.07, 6.45) is 2.59. The summed E-state index contributed by atoms with van der Waals surface area (Å²) in [6.45, 7) is 5.44. The van der Waals surface area contributed by atoms with Crippen LogP contribution in [0.4, 0.5) is 0 Å². The zero-order valence-corrected chi connectivity index (χ0v) is 11.8. The fraction of sp³-hybridized carbons (Fsp3) is 0.643. The average molecular weight is 268 g/mol. The average Bonchev–Trinajstić information content (AvgIpc) is 2.26. The maximum absolute atomic E-state index is 12.0. The number of ether oxygens (including phenoxy) is 2. The van der Waals surface area contributed by atoms with Crippen molar-refractivity contribution in [2.45, 2.75) is 40.0 Å². The lowest BCUT2D eigenvalue weighted by molar-refractivity contribution is -0.154. The van der Waals surface area contributed by atoms with Gasteiger partial charge in [-0.3, -0.25) is 14.4 Å². The molecule has 0 aromatic carbocycles. The second kappa shape index (κ2) is 5.99. The molecule has 0 saturated carbocycles. The molecule has 0 amide bonds. The van der Waals surface area contributed by atoms with Gasteiger partial charge in [0.1, 0.15) is 11.7 Å². The van der Waals surface area contributed by atoms with Gasteiger partial charge in [-0.1, -0.05) is 20.8 Å². The van der Waals surface area contributed by atoms with Gasteiger partial charge in [-0.2, -0.15) is 0 Å². The maximum Gasteiger partial charge on any atom is 0.317 e. The van der Waals surface area contributed by atoms with Gasteiger partial charge >= 0.3 is 11.9 Å². The van der Waals surface area contributed by atoms with Crippen molar-refractivity contribution in [3.05, 3.63) is 11.8 Å². The van der Waals surface area contributed by atoms with E-state index >= 15 is 0 Å². The molecule has 106 valence electrons. The number of hydrogen-bond acceptors (Lipinski definition) is 5. The SMILES string of the molecule is CCCC(=O)OC1=CC(=O)C(C(=O)OC)C(C)(C)C1. The fourth-order valence-corrected chi connectivity index (χ4v) is 2.25. The topological polar surface area (TPSA) is 69.7 Å². The van der Waals surface area contributed by atoms with E-state index in [0.29, 0.717) is 25.0 Å². The van der Waals surface area contributed by atoms with Gasteiger partial charge in [0.25, 0.3) is 0 Å². The molecule has 0 radical (unpaired) electrons. The lowest BCUT2D eigenvalue weighted by Gasteiger charge is -2.34. The number of esters is 2. The molecule has 1 aliphatic carbocycles. The third-order valence-corrected chi connectivity index (χ3v) is 3.14. The lowest BCUT2D eigenvalue weighted by atomic mass is 9.70. The lowest BCUT2D eigenvalue weighted by Crippen LogP contribution is -2.41. The van der Waals surface area contributed by atoms with Gasteiger partial charge in [-0.25, -0.2) is 0 Å². The molecule has 5 nitrogen and oxygen atoms in total. The molecule has 0 heterocycles. The molecule has 0 bridgehead atoms. The van der Waals surface area contributed by atoms with Crippen molar-refractivity contribution in [3.63, 3.8) is 0 Å². The van der Waals surface area contributed by atoms with Crippen molar-refractivity contribution in [2.75, 3.05) is 7.11 Å². The Balaban J connectivity index is 2.89. The molecular weight excluding hydrogens is 248 g/mol. The minimum atomic E-state index is -0.842. The van der Waals surface area contributed by atoms with E-state index in [2.05, 4.69) is 4.74 Å². The van der Waals surface area contributed by atoms with Gasteiger partial charge in [-0.15, -0.1) is 0 Å². The van der Waals surface area contributed by atoms with Crippen LogP contribution >= 0.6 is 0 Å². The summed E-state index contributed by atoms with van der Waals surface area (Å²) in [6, 6.07) is 0. The van der Waals surface area contributed by atoms with E-state index in [1.54, 1.807) is 13.8 Å². The van der Waals surface area contributed by atoms with E-state index in [1.165, 1.54) is 13.2 Å². The number of carbonyl (C=O) groups excluding carboxylic acids is 3. The van der Waals surface area contributed by atoms with Crippen LogP contribution in [-0.2, 0) is 23.9 Å². The minimum Gasteiger partial charge on any atom is -0.468 e. The van der Waals surface area contributed by atoms with Crippen molar-refractivity contribution in [1.29, 1.82) is 0 Å². The maximum atomic E-state index is 12.0. The highest BCUT2D eigenvalue weighted by atomic mass is 16.5. The number of rotatable bonds is 4. The van der Waals surface area contributed by atoms with E-state index in [1.807, 2.05) is 6.92 Å². The summed E-state index contributed by atoms with van der Waals surface area (Å²) < 4.78 is 9.80. The molecule has 0 N–H and O–H groups in total. The molecule has 5 heteroatoms. The summed E-state index contributed by atoms with van der Waals surface area (Å²) in [5.74, 6) is -1.79. The standard InChI is InChI=1S/C14H20O5/c1-5-6-11(16)19-9-7-10(15)12(13(17)18-4)14(2,3)8-9/h7,12H,5-6,8H2,1-4H3. The quantitative estimate of drug-likeness (QED) is 0.576. The van der Waals surface area contributed by atoms with Crippen LogP contribution in [0.3, 0.4) is 0 Å². The first-order chi connectivity index (χ1) is 8.81. The third-order valence-electron chi connectivity index (χ3n) is 3.14. The molecule has 0 aromatic heterocycles. The number of methoxy groups -OCH3 is 1. The Hall–Kier alpha value is -1.65. The molecule has 1 unspecified atom stereocenters. The molecule has 0 spiro atoms. The first kappa shape index (κ1) is 15.4. The second-order valence-electron chi connectivity index (χ2n) is 5.36. The summed E-state index contributed by atoms with van der Waals surface area (Å²) in [5, 5.41) is 0. The first-order valence-corrected chi connectivity index (χ1v) is 6.34. The summed E-state index contributed by atoms with van der Waals surface area (Å²) in [5.41, 5.74) is -0.624. The van der Waals surface area contributed by atoms with E-state index in [9.17, 15) is 14.4 Å². The zero-order valence-electron chi connectivity index (χ0n) is 11.8. The Morgan fingerprint density at radius 1 is 1.42 bits per heavy atom. The van der Waals surface area contributed by atoms with Gasteiger partial charge in [-0.05, 0) is 11.8 Å². The third kappa shape index (κ3) is 3.66. The predicted octanol–water partition coefficient (Wildman–Crippen LogP) is 2.00. The molecule has 0 saturated heterocycles. The van der Waals surface area contributed by atoms with Crippen LogP contribution < -0.4 is 0 Å². The van der Waals surface area contributed by atoms with E-state index in [-0.39, 0.29) is 11.8 Å². The van der Waals surface area contributed by atoms with Gasteiger partial charge in [0.15, 0.2) is 5.78 Å². The molecule has 0 fully saturated rings. The van der Waals surface area contributed by atoms with Crippen molar-refractivity contribution in [2.24, 2.45) is 11.3 Å². The van der Waals surface area contributed by atoms with E-state index in [0.717, 1.165) is 0 Å². The van der Waals surface area contributed by atoms with Crippen LogP contribution in [-0.4, -0.2) is 24.8 Å². The van der Waals surface area contributed by atoms with E-state index in [4.69, 9.17) is 4.74 Å². The Morgan fingerprint density at radius 2 is 2.05 bits per heavy atom. The van der Waals surface area contributed by atoms with E-state index < -0.39 is 17.3 Å². The summed E-state index contributed by atoms with van der Waals surface area (Å²) >= 11 is 0. The highest BCUT2D eigenvalue weighted by molar-refractivity contribution is 6.06. The van der Waals surface area contributed by atoms with Crippen LogP contribution in [0, 0.1) is 11.3 Å². The normalized spacial score (nSPS) is 21.6. The Kier molecular flexibility index (Phi) is 4.86. The van der Waals surface area contributed by atoms with Crippen LogP contribution in [0.2, 0.25) is 0 Å². The number of hydrogen-bond donors (Lipinski definition) is 0. The highest BCUT2D eigenvalue weighted by Gasteiger charge is 2.45. The smallest absolute Gasteiger partial charge is 0.317 e. The van der Waals surface area contributed by atoms with Gasteiger partial charge < -0.3 is 9.47 Å².